The van der Waals surface area contributed by atoms with E-state index in [2.05, 4.69) is 19.4 Å². The van der Waals surface area contributed by atoms with Crippen LogP contribution in [0.2, 0.25) is 0 Å². The van der Waals surface area contributed by atoms with Crippen molar-refractivity contribution >= 4 is 115 Å². The first-order valence-electron chi connectivity index (χ1n) is 23.5. The number of fused-ring (bicyclic) bond motifs is 6. The van der Waals surface area contributed by atoms with Gasteiger partial charge in [-0.1, -0.05) is 36.1 Å². The maximum absolute atomic E-state index is 13.3. The molecule has 81 heavy (non-hydrogen) atoms. The lowest BCUT2D eigenvalue weighted by molar-refractivity contribution is -0.438. The van der Waals surface area contributed by atoms with Gasteiger partial charge in [-0.15, -0.1) is 13.4 Å². The molecule has 6 aromatic rings. The van der Waals surface area contributed by atoms with Crippen LogP contribution in [0.25, 0.3) is 27.1 Å². The van der Waals surface area contributed by atoms with Crippen LogP contribution in [-0.4, -0.2) is 123 Å². The molecule has 0 saturated carbocycles. The third-order valence-electron chi connectivity index (χ3n) is 13.4. The number of aromatic hydroxyl groups is 2. The molecule has 0 spiro atoms. The summed E-state index contributed by atoms with van der Waals surface area (Å²) in [4.78, 5) is 22.6. The third kappa shape index (κ3) is 12.7. The van der Waals surface area contributed by atoms with E-state index in [9.17, 15) is 66.9 Å². The molecule has 2 aliphatic rings. The molecule has 4 aromatic carbocycles. The Morgan fingerprint density at radius 3 is 1.98 bits per heavy atom. The molecule has 0 atom stereocenters. The standard InChI is InChI=1S/C49H48N4O22S6/c1-48(2)41(51(19-5-21-76-74-72-57)37-13-10-32-34(45(37)48)23-30(79(62,63)64)25-39(32)77-75-73-58)15-8-28(36-12-7-29(27-50-36)47(56)71-53-43(54)17-18-44(53)55)9-16-42-49(3,4)46-35-24-31(80(65,66)67)26-40(81(68,69)70)33(35)11-14-38(46)52(42)20-6-22-78(59,60)61/h7-18,23-27H,5-6,19-22H2,1-4H3,(H7-,54,55,57,58,59,60,61,62,63,64,65,66,67,68,69,70)/p+1. The van der Waals surface area contributed by atoms with Gasteiger partial charge >= 0.3 is 5.97 Å². The van der Waals surface area contributed by atoms with Crippen LogP contribution in [0.4, 0.5) is 11.4 Å². The number of aromatic nitrogens is 2. The van der Waals surface area contributed by atoms with E-state index in [-0.39, 0.29) is 57.8 Å². The fraction of sp³-hybridized carbons (Fsp3) is 0.245. The number of pyridine rings is 1. The largest absolute Gasteiger partial charge is 0.492 e. The lowest BCUT2D eigenvalue weighted by atomic mass is 9.79. The van der Waals surface area contributed by atoms with Crippen molar-refractivity contribution in [1.82, 2.24) is 9.71 Å². The zero-order valence-corrected chi connectivity index (χ0v) is 47.5. The summed E-state index contributed by atoms with van der Waals surface area (Å²) in [5, 5.41) is 46.2. The summed E-state index contributed by atoms with van der Waals surface area (Å²) in [6.45, 7) is 7.23. The molecule has 2 aromatic heterocycles. The summed E-state index contributed by atoms with van der Waals surface area (Å²) in [7, 11) is -19.6. The minimum absolute atomic E-state index is 0.0252. The first kappa shape index (κ1) is 60.8. The van der Waals surface area contributed by atoms with E-state index in [4.69, 9.17) is 19.7 Å². The van der Waals surface area contributed by atoms with E-state index < -0.39 is 89.5 Å². The van der Waals surface area contributed by atoms with Gasteiger partial charge in [0.2, 0.25) is 17.4 Å². The second-order valence-corrected chi connectivity index (χ2v) is 26.5. The molecule has 4 heterocycles. The van der Waals surface area contributed by atoms with Crippen LogP contribution in [0.1, 0.15) is 67.7 Å². The summed E-state index contributed by atoms with van der Waals surface area (Å²) < 4.78 is 153. The van der Waals surface area contributed by atoms with Gasteiger partial charge in [0.1, 0.15) is 11.4 Å². The zero-order chi connectivity index (χ0) is 59.2. The molecule has 8 N–H and O–H groups in total. The number of hydrogen-bond donors (Lipinski definition) is 8. The maximum atomic E-state index is 13.3. The Kier molecular flexibility index (Phi) is 17.4. The molecule has 2 aliphatic heterocycles. The molecule has 0 fully saturated rings. The molecule has 0 saturated heterocycles. The van der Waals surface area contributed by atoms with Crippen LogP contribution < -0.4 is 9.74 Å². The highest BCUT2D eigenvalue weighted by Gasteiger charge is 2.46. The fourth-order valence-corrected chi connectivity index (χ4v) is 13.4. The molecule has 0 radical (unpaired) electrons. The second kappa shape index (κ2) is 23.1. The molecule has 32 heteroatoms. The van der Waals surface area contributed by atoms with Gasteiger partial charge in [-0.05, 0) is 103 Å². The minimum atomic E-state index is -5.13. The highest BCUT2D eigenvalue weighted by molar-refractivity contribution is 7.95. The van der Waals surface area contributed by atoms with Crippen LogP contribution in [0.15, 0.2) is 129 Å². The quantitative estimate of drug-likeness (QED) is 0.00621. The number of allylic oxidation sites excluding steroid dienone is 6. The monoisotopic (exact) mass is 1240 g/mol. The van der Waals surface area contributed by atoms with Gasteiger partial charge in [0.25, 0.3) is 40.5 Å². The Hall–Kier alpha value is -6.31. The van der Waals surface area contributed by atoms with E-state index in [1.807, 2.05) is 18.4 Å². The molecule has 0 aliphatic carbocycles. The molecule has 432 valence electrons. The Morgan fingerprint density at radius 2 is 1.37 bits per heavy atom. The van der Waals surface area contributed by atoms with Crippen molar-refractivity contribution in [3.05, 3.63) is 131 Å². The average molecular weight is 1240 g/mol. The Balaban J connectivity index is 1.35. The molecule has 0 bridgehead atoms. The molecular formula is C49H49N4O22S6+. The van der Waals surface area contributed by atoms with Gasteiger partial charge in [-0.25, -0.2) is 15.3 Å². The predicted molar refractivity (Wildman–Crippen MR) is 292 cm³/mol. The Labute approximate surface area is 470 Å². The second-order valence-electron chi connectivity index (χ2n) is 19.2. The van der Waals surface area contributed by atoms with Gasteiger partial charge in [0.05, 0.1) is 44.3 Å². The fourth-order valence-electron chi connectivity index (χ4n) is 10.0. The van der Waals surface area contributed by atoms with E-state index in [1.54, 1.807) is 55.2 Å². The summed E-state index contributed by atoms with van der Waals surface area (Å²) in [5.74, 6) is -2.63. The van der Waals surface area contributed by atoms with Crippen LogP contribution in [-0.2, 0) is 70.0 Å². The van der Waals surface area contributed by atoms with Crippen LogP contribution >= 0.6 is 24.1 Å². The molecule has 0 unspecified atom stereocenters. The van der Waals surface area contributed by atoms with E-state index in [0.717, 1.165) is 42.5 Å². The summed E-state index contributed by atoms with van der Waals surface area (Å²) >= 11 is 1.28. The van der Waals surface area contributed by atoms with Gasteiger partial charge < -0.3 is 20.0 Å². The SMILES string of the molecule is CC1(C)C(C=CC(=CC=C2N(CCCS(=O)(=O)O)c3ccc4c(S(=O)(=O)O)cc(S(=O)(=O)O)cc4c3C2(C)C)c2ccc(C(=O)On3c(O)ccc3O)cn2)=[N+](CCCSOOO)c2ccc3c(SOOO)cc(S(=O)(=O)O)cc3c21. The number of carbonyl (C=O) groups excluding carboxylic acids is 1. The lowest BCUT2D eigenvalue weighted by Gasteiger charge is -2.27. The average Bonchev–Trinajstić information content (AvgIpc) is 2.04. The van der Waals surface area contributed by atoms with Gasteiger partial charge in [0, 0.05) is 99.5 Å². The molecule has 0 amide bonds. The Bertz CT molecular complexity index is 4100. The van der Waals surface area contributed by atoms with Crippen molar-refractivity contribution in [3.63, 3.8) is 0 Å². The van der Waals surface area contributed by atoms with Crippen LogP contribution in [0.5, 0.6) is 11.8 Å². The molecular weight excluding hydrogens is 1190 g/mol. The number of hydrogen-bond acceptors (Lipinski definition) is 22. The van der Waals surface area contributed by atoms with E-state index in [0.29, 0.717) is 74.0 Å². The number of rotatable bonds is 22. The van der Waals surface area contributed by atoms with Crippen molar-refractivity contribution in [3.8, 4) is 11.8 Å². The number of benzene rings is 4. The lowest BCUT2D eigenvalue weighted by Crippen LogP contribution is -2.28. The Morgan fingerprint density at radius 1 is 0.728 bits per heavy atom. The van der Waals surface area contributed by atoms with Gasteiger partial charge in [0.15, 0.2) is 5.71 Å². The molecule has 26 nitrogen and oxygen atoms in total. The van der Waals surface area contributed by atoms with Crippen LogP contribution in [0, 0.1) is 0 Å². The first-order valence-corrected chi connectivity index (χ1v) is 31.1. The number of anilines is 1. The smallest absolute Gasteiger partial charge is 0.365 e. The predicted octanol–water partition coefficient (Wildman–Crippen LogP) is 7.47. The van der Waals surface area contributed by atoms with Crippen molar-refractivity contribution in [1.29, 1.82) is 0 Å². The summed E-state index contributed by atoms with van der Waals surface area (Å²) in [6, 6.07) is 15.2. The third-order valence-corrected chi connectivity index (χ3v) is 18.0. The van der Waals surface area contributed by atoms with E-state index >= 15 is 0 Å². The van der Waals surface area contributed by atoms with E-state index in [1.165, 1.54) is 30.3 Å². The molecule has 8 rings (SSSR count). The number of nitrogens with zero attached hydrogens (tertiary/aromatic N) is 4. The van der Waals surface area contributed by atoms with Crippen molar-refractivity contribution in [2.24, 2.45) is 0 Å². The highest BCUT2D eigenvalue weighted by Crippen LogP contribution is 2.52. The van der Waals surface area contributed by atoms with Gasteiger partial charge in [-0.3, -0.25) is 23.2 Å². The van der Waals surface area contributed by atoms with Gasteiger partial charge in [-0.2, -0.15) is 38.2 Å². The minimum Gasteiger partial charge on any atom is -0.492 e. The first-order chi connectivity index (χ1) is 37.9. The summed E-state index contributed by atoms with van der Waals surface area (Å²) in [5.41, 5.74) is 0.722. The normalized spacial score (nSPS) is 16.1. The number of carbonyl (C=O) groups is 1. The highest BCUT2D eigenvalue weighted by atomic mass is 32.2. The summed E-state index contributed by atoms with van der Waals surface area (Å²) in [6.07, 6.45) is 7.97. The zero-order valence-electron chi connectivity index (χ0n) is 42.6. The maximum Gasteiger partial charge on any atom is 0.365 e. The van der Waals surface area contributed by atoms with Crippen molar-refractivity contribution < 1.29 is 106 Å². The van der Waals surface area contributed by atoms with Crippen LogP contribution in [0.3, 0.4) is 0 Å². The van der Waals surface area contributed by atoms with Crippen molar-refractivity contribution in [2.45, 2.75) is 70.9 Å². The van der Waals surface area contributed by atoms with Crippen molar-refractivity contribution in [2.75, 3.05) is 29.5 Å². The topological polar surface area (TPSA) is 386 Å².